The van der Waals surface area contributed by atoms with Crippen LogP contribution in [-0.2, 0) is 9.47 Å². The van der Waals surface area contributed by atoms with Gasteiger partial charge in [-0.25, -0.2) is 0 Å². The molecule has 2 unspecified atom stereocenters. The Labute approximate surface area is 106 Å². The Hall–Kier alpha value is -0.120. The molecule has 1 heterocycles. The lowest BCUT2D eigenvalue weighted by Gasteiger charge is -2.35. The number of methoxy groups -OCH3 is 1. The maximum atomic E-state index is 5.78. The predicted molar refractivity (Wildman–Crippen MR) is 71.3 cm³/mol. The van der Waals surface area contributed by atoms with Gasteiger partial charge in [-0.05, 0) is 46.6 Å². The molecule has 3 heteroatoms. The van der Waals surface area contributed by atoms with Crippen molar-refractivity contribution < 1.29 is 9.47 Å². The first-order valence-electron chi connectivity index (χ1n) is 6.83. The van der Waals surface area contributed by atoms with Crippen LogP contribution in [0.2, 0.25) is 0 Å². The van der Waals surface area contributed by atoms with Crippen LogP contribution in [0.5, 0.6) is 0 Å². The SMILES string of the molecule is CCNCC1(CCC(C)(C)OC)CCOC1C. The molecule has 1 aliphatic heterocycles. The summed E-state index contributed by atoms with van der Waals surface area (Å²) in [5.74, 6) is 0. The third-order valence-corrected chi connectivity index (χ3v) is 4.33. The van der Waals surface area contributed by atoms with Crippen molar-refractivity contribution in [3.63, 3.8) is 0 Å². The maximum Gasteiger partial charge on any atom is 0.0623 e. The number of rotatable bonds is 7. The van der Waals surface area contributed by atoms with Crippen molar-refractivity contribution in [1.29, 1.82) is 0 Å². The molecule has 1 aliphatic rings. The van der Waals surface area contributed by atoms with E-state index in [1.807, 2.05) is 0 Å². The van der Waals surface area contributed by atoms with E-state index in [1.165, 1.54) is 12.8 Å². The van der Waals surface area contributed by atoms with Gasteiger partial charge in [-0.15, -0.1) is 0 Å². The van der Waals surface area contributed by atoms with E-state index >= 15 is 0 Å². The molecule has 0 amide bonds. The Morgan fingerprint density at radius 3 is 2.65 bits per heavy atom. The molecule has 0 aliphatic carbocycles. The highest BCUT2D eigenvalue weighted by Crippen LogP contribution is 2.40. The average Bonchev–Trinajstić information content (AvgIpc) is 2.67. The largest absolute Gasteiger partial charge is 0.379 e. The number of hydrogen-bond acceptors (Lipinski definition) is 3. The highest BCUT2D eigenvalue weighted by molar-refractivity contribution is 4.92. The van der Waals surface area contributed by atoms with Crippen molar-refractivity contribution in [3.8, 4) is 0 Å². The monoisotopic (exact) mass is 243 g/mol. The molecule has 1 fully saturated rings. The summed E-state index contributed by atoms with van der Waals surface area (Å²) < 4.78 is 11.3. The molecular formula is C14H29NO2. The van der Waals surface area contributed by atoms with Crippen LogP contribution in [0.1, 0.15) is 47.0 Å². The summed E-state index contributed by atoms with van der Waals surface area (Å²) in [5.41, 5.74) is 0.271. The lowest BCUT2D eigenvalue weighted by molar-refractivity contribution is -0.00731. The summed E-state index contributed by atoms with van der Waals surface area (Å²) in [4.78, 5) is 0. The maximum absolute atomic E-state index is 5.78. The molecule has 3 nitrogen and oxygen atoms in total. The van der Waals surface area contributed by atoms with Gasteiger partial charge in [0.25, 0.3) is 0 Å². The summed E-state index contributed by atoms with van der Waals surface area (Å²) in [6.45, 7) is 11.7. The van der Waals surface area contributed by atoms with Crippen molar-refractivity contribution in [2.24, 2.45) is 5.41 Å². The second-order valence-corrected chi connectivity index (χ2v) is 5.87. The van der Waals surface area contributed by atoms with Crippen LogP contribution in [0.3, 0.4) is 0 Å². The average molecular weight is 243 g/mol. The van der Waals surface area contributed by atoms with Crippen LogP contribution in [0.4, 0.5) is 0 Å². The third-order valence-electron chi connectivity index (χ3n) is 4.33. The van der Waals surface area contributed by atoms with Crippen LogP contribution >= 0.6 is 0 Å². The van der Waals surface area contributed by atoms with Crippen molar-refractivity contribution in [1.82, 2.24) is 5.32 Å². The van der Waals surface area contributed by atoms with Gasteiger partial charge in [-0.1, -0.05) is 6.92 Å². The fourth-order valence-electron chi connectivity index (χ4n) is 2.49. The van der Waals surface area contributed by atoms with Gasteiger partial charge < -0.3 is 14.8 Å². The summed E-state index contributed by atoms with van der Waals surface area (Å²) in [6, 6.07) is 0. The van der Waals surface area contributed by atoms with Crippen LogP contribution < -0.4 is 5.32 Å². The molecule has 1 saturated heterocycles. The zero-order valence-corrected chi connectivity index (χ0v) is 12.1. The molecule has 1 N–H and O–H groups in total. The van der Waals surface area contributed by atoms with E-state index in [2.05, 4.69) is 33.0 Å². The second-order valence-electron chi connectivity index (χ2n) is 5.87. The van der Waals surface area contributed by atoms with Crippen molar-refractivity contribution in [3.05, 3.63) is 0 Å². The summed E-state index contributed by atoms with van der Waals surface area (Å²) >= 11 is 0. The molecule has 0 aromatic rings. The fraction of sp³-hybridized carbons (Fsp3) is 1.00. The van der Waals surface area contributed by atoms with Gasteiger partial charge in [-0.2, -0.15) is 0 Å². The molecular weight excluding hydrogens is 214 g/mol. The van der Waals surface area contributed by atoms with Crippen molar-refractivity contribution >= 4 is 0 Å². The molecule has 1 rings (SSSR count). The molecule has 0 bridgehead atoms. The van der Waals surface area contributed by atoms with Crippen molar-refractivity contribution in [2.45, 2.75) is 58.7 Å². The van der Waals surface area contributed by atoms with E-state index in [-0.39, 0.29) is 5.60 Å². The Kier molecular flexibility index (Phi) is 5.42. The zero-order valence-electron chi connectivity index (χ0n) is 12.1. The van der Waals surface area contributed by atoms with Gasteiger partial charge in [0.1, 0.15) is 0 Å². The zero-order chi connectivity index (χ0) is 12.9. The Balaban J connectivity index is 2.58. The van der Waals surface area contributed by atoms with E-state index in [0.717, 1.165) is 26.1 Å². The standard InChI is InChI=1S/C14H29NO2/c1-6-15-11-14(9-10-17-12(14)2)8-7-13(3,4)16-5/h12,15H,6-11H2,1-5H3. The third kappa shape index (κ3) is 3.94. The first kappa shape index (κ1) is 14.9. The number of nitrogens with one attached hydrogen (secondary N) is 1. The quantitative estimate of drug-likeness (QED) is 0.745. The van der Waals surface area contributed by atoms with E-state index in [9.17, 15) is 0 Å². The minimum Gasteiger partial charge on any atom is -0.379 e. The van der Waals surface area contributed by atoms with Gasteiger partial charge in [0.05, 0.1) is 11.7 Å². The van der Waals surface area contributed by atoms with E-state index in [0.29, 0.717) is 11.5 Å². The van der Waals surface area contributed by atoms with Gasteiger partial charge >= 0.3 is 0 Å². The number of ether oxygens (including phenoxy) is 2. The predicted octanol–water partition coefficient (Wildman–Crippen LogP) is 2.60. The molecule has 0 aromatic carbocycles. The summed E-state index contributed by atoms with van der Waals surface area (Å²) in [5, 5.41) is 3.49. The lowest BCUT2D eigenvalue weighted by Crippen LogP contribution is -2.41. The first-order valence-corrected chi connectivity index (χ1v) is 6.83. The minimum atomic E-state index is -0.0263. The molecule has 0 radical (unpaired) electrons. The van der Waals surface area contributed by atoms with E-state index in [4.69, 9.17) is 9.47 Å². The van der Waals surface area contributed by atoms with Gasteiger partial charge in [0, 0.05) is 25.7 Å². The van der Waals surface area contributed by atoms with Gasteiger partial charge in [0.2, 0.25) is 0 Å². The number of hydrogen-bond donors (Lipinski definition) is 1. The smallest absolute Gasteiger partial charge is 0.0623 e. The van der Waals surface area contributed by atoms with Crippen LogP contribution in [0.15, 0.2) is 0 Å². The van der Waals surface area contributed by atoms with E-state index < -0.39 is 0 Å². The molecule has 102 valence electrons. The van der Waals surface area contributed by atoms with Crippen LogP contribution in [-0.4, -0.2) is 38.5 Å². The van der Waals surface area contributed by atoms with Crippen LogP contribution in [0, 0.1) is 5.41 Å². The fourth-order valence-corrected chi connectivity index (χ4v) is 2.49. The normalized spacial score (nSPS) is 29.8. The highest BCUT2D eigenvalue weighted by atomic mass is 16.5. The second kappa shape index (κ2) is 6.17. The summed E-state index contributed by atoms with van der Waals surface area (Å²) in [6.07, 6.45) is 3.78. The topological polar surface area (TPSA) is 30.5 Å². The Morgan fingerprint density at radius 2 is 2.18 bits per heavy atom. The van der Waals surface area contributed by atoms with E-state index in [1.54, 1.807) is 7.11 Å². The van der Waals surface area contributed by atoms with Gasteiger partial charge in [-0.3, -0.25) is 0 Å². The minimum absolute atomic E-state index is 0.0263. The molecule has 0 aromatic heterocycles. The first-order chi connectivity index (χ1) is 7.96. The lowest BCUT2D eigenvalue weighted by atomic mass is 9.75. The summed E-state index contributed by atoms with van der Waals surface area (Å²) in [7, 11) is 1.80. The van der Waals surface area contributed by atoms with Crippen molar-refractivity contribution in [2.75, 3.05) is 26.8 Å². The van der Waals surface area contributed by atoms with Gasteiger partial charge in [0.15, 0.2) is 0 Å². The Morgan fingerprint density at radius 1 is 1.47 bits per heavy atom. The molecule has 2 atom stereocenters. The molecule has 0 saturated carbocycles. The molecule has 17 heavy (non-hydrogen) atoms. The Bertz CT molecular complexity index is 230. The highest BCUT2D eigenvalue weighted by Gasteiger charge is 2.41. The molecule has 0 spiro atoms. The van der Waals surface area contributed by atoms with Crippen LogP contribution in [0.25, 0.3) is 0 Å².